The minimum Gasteiger partial charge on any atom is -0.338 e. The summed E-state index contributed by atoms with van der Waals surface area (Å²) in [5.74, 6) is -0.0587. The van der Waals surface area contributed by atoms with Crippen molar-refractivity contribution in [2.75, 3.05) is 6.54 Å². The fraction of sp³-hybridized carbons (Fsp3) is 0.250. The van der Waals surface area contributed by atoms with Crippen molar-refractivity contribution in [3.63, 3.8) is 0 Å². The van der Waals surface area contributed by atoms with Gasteiger partial charge >= 0.3 is 0 Å². The third kappa shape index (κ3) is 3.01. The van der Waals surface area contributed by atoms with Crippen LogP contribution in [0.2, 0.25) is 10.0 Å². The molecule has 3 aromatic rings. The van der Waals surface area contributed by atoms with Crippen LogP contribution in [0.4, 0.5) is 0 Å². The number of halogens is 2. The van der Waals surface area contributed by atoms with E-state index in [1.807, 2.05) is 0 Å². The molecule has 0 atom stereocenters. The molecule has 0 aromatic carbocycles. The number of rotatable bonds is 2. The predicted octanol–water partition coefficient (Wildman–Crippen LogP) is 1.85. The Balaban J connectivity index is 1.55. The summed E-state index contributed by atoms with van der Waals surface area (Å²) in [4.78, 5) is 30.4. The first-order valence-electron chi connectivity index (χ1n) is 7.67. The molecule has 0 saturated heterocycles. The van der Waals surface area contributed by atoms with E-state index in [0.29, 0.717) is 46.5 Å². The number of nitrogens with zero attached hydrogens (tertiary/aromatic N) is 4. The van der Waals surface area contributed by atoms with Gasteiger partial charge in [0.1, 0.15) is 0 Å². The van der Waals surface area contributed by atoms with Crippen molar-refractivity contribution in [1.29, 1.82) is 0 Å². The summed E-state index contributed by atoms with van der Waals surface area (Å²) in [5.41, 5.74) is 2.48. The predicted molar refractivity (Wildman–Crippen MR) is 92.9 cm³/mol. The molecule has 0 saturated carbocycles. The lowest BCUT2D eigenvalue weighted by atomic mass is 10.0. The normalized spacial score (nSPS) is 13.9. The smallest absolute Gasteiger partial charge is 0.267 e. The Bertz CT molecular complexity index is 1040. The van der Waals surface area contributed by atoms with Crippen LogP contribution in [0.15, 0.2) is 29.5 Å². The van der Waals surface area contributed by atoms with E-state index in [9.17, 15) is 9.59 Å². The maximum Gasteiger partial charge on any atom is 0.267 e. The summed E-state index contributed by atoms with van der Waals surface area (Å²) in [7, 11) is 0. The van der Waals surface area contributed by atoms with Crippen LogP contribution < -0.4 is 5.56 Å². The van der Waals surface area contributed by atoms with E-state index < -0.39 is 0 Å². The van der Waals surface area contributed by atoms with Crippen LogP contribution in [0.5, 0.6) is 0 Å². The highest BCUT2D eigenvalue weighted by atomic mass is 35.5. The first-order chi connectivity index (χ1) is 12.0. The van der Waals surface area contributed by atoms with Gasteiger partial charge in [-0.2, -0.15) is 5.10 Å². The quantitative estimate of drug-likeness (QED) is 0.738. The molecule has 0 aliphatic carbocycles. The van der Waals surface area contributed by atoms with Gasteiger partial charge in [-0.15, -0.1) is 0 Å². The number of hydrogen-bond donors (Lipinski definition) is 1. The molecule has 25 heavy (non-hydrogen) atoms. The van der Waals surface area contributed by atoms with E-state index >= 15 is 0 Å². The number of H-pyrrole nitrogens is 1. The summed E-state index contributed by atoms with van der Waals surface area (Å²) in [6.45, 7) is 0.879. The fourth-order valence-electron chi connectivity index (χ4n) is 3.04. The average Bonchev–Trinajstić information content (AvgIpc) is 2.97. The molecular formula is C16H13Cl2N5O2. The maximum atomic E-state index is 12.6. The van der Waals surface area contributed by atoms with Gasteiger partial charge in [0.25, 0.3) is 5.56 Å². The van der Waals surface area contributed by atoms with E-state index in [4.69, 9.17) is 23.2 Å². The molecule has 0 radical (unpaired) electrons. The number of fused-ring (bicyclic) bond motifs is 2. The zero-order chi connectivity index (χ0) is 17.6. The number of imidazole rings is 1. The van der Waals surface area contributed by atoms with Crippen molar-refractivity contribution in [3.05, 3.63) is 61.9 Å². The third-order valence-corrected chi connectivity index (χ3v) is 4.73. The van der Waals surface area contributed by atoms with Crippen LogP contribution in [0.3, 0.4) is 0 Å². The minimum absolute atomic E-state index is 0.0587. The van der Waals surface area contributed by atoms with Gasteiger partial charge in [0.2, 0.25) is 5.91 Å². The first-order valence-corrected chi connectivity index (χ1v) is 8.42. The van der Waals surface area contributed by atoms with Crippen molar-refractivity contribution in [3.8, 4) is 0 Å². The topological polar surface area (TPSA) is 83.4 Å². The molecule has 0 bridgehead atoms. The van der Waals surface area contributed by atoms with Crippen molar-refractivity contribution >= 4 is 34.8 Å². The molecule has 0 unspecified atom stereocenters. The largest absolute Gasteiger partial charge is 0.338 e. The Morgan fingerprint density at radius 3 is 3.00 bits per heavy atom. The highest BCUT2D eigenvalue weighted by Crippen LogP contribution is 2.22. The summed E-state index contributed by atoms with van der Waals surface area (Å²) >= 11 is 12.1. The van der Waals surface area contributed by atoms with Crippen LogP contribution >= 0.6 is 23.2 Å². The van der Waals surface area contributed by atoms with Crippen molar-refractivity contribution in [2.24, 2.45) is 0 Å². The number of carbonyl (C=O) groups excluding carboxylic acids is 1. The van der Waals surface area contributed by atoms with Crippen LogP contribution in [-0.2, 0) is 24.2 Å². The molecule has 1 amide bonds. The van der Waals surface area contributed by atoms with Gasteiger partial charge in [-0.3, -0.25) is 9.59 Å². The molecule has 1 aliphatic rings. The second-order valence-corrected chi connectivity index (χ2v) is 6.76. The Labute approximate surface area is 152 Å². The van der Waals surface area contributed by atoms with Crippen LogP contribution in [0, 0.1) is 0 Å². The number of carbonyl (C=O) groups is 1. The molecule has 0 spiro atoms. The molecule has 128 valence electrons. The van der Waals surface area contributed by atoms with E-state index in [1.165, 1.54) is 0 Å². The van der Waals surface area contributed by atoms with Gasteiger partial charge < -0.3 is 9.30 Å². The number of nitrogens with one attached hydrogen (secondary N) is 1. The van der Waals surface area contributed by atoms with Gasteiger partial charge in [0, 0.05) is 36.6 Å². The lowest BCUT2D eigenvalue weighted by Crippen LogP contribution is -2.39. The molecule has 0 fully saturated rings. The Morgan fingerprint density at radius 1 is 1.32 bits per heavy atom. The molecule has 4 heterocycles. The summed E-state index contributed by atoms with van der Waals surface area (Å²) in [6.07, 6.45) is 5.71. The van der Waals surface area contributed by atoms with E-state index in [2.05, 4.69) is 15.2 Å². The highest BCUT2D eigenvalue weighted by Gasteiger charge is 2.23. The Morgan fingerprint density at radius 2 is 2.16 bits per heavy atom. The van der Waals surface area contributed by atoms with Crippen LogP contribution in [0.25, 0.3) is 5.65 Å². The van der Waals surface area contributed by atoms with E-state index in [0.717, 1.165) is 5.56 Å². The molecule has 7 nitrogen and oxygen atoms in total. The van der Waals surface area contributed by atoms with Crippen molar-refractivity contribution in [2.45, 2.75) is 19.4 Å². The fourth-order valence-corrected chi connectivity index (χ4v) is 3.57. The van der Waals surface area contributed by atoms with Crippen molar-refractivity contribution < 1.29 is 4.79 Å². The number of hydrogen-bond acceptors (Lipinski definition) is 4. The Kier molecular flexibility index (Phi) is 3.97. The third-order valence-electron chi connectivity index (χ3n) is 4.25. The lowest BCUT2D eigenvalue weighted by Gasteiger charge is -2.27. The van der Waals surface area contributed by atoms with Crippen LogP contribution in [-0.4, -0.2) is 36.9 Å². The molecular weight excluding hydrogens is 365 g/mol. The summed E-state index contributed by atoms with van der Waals surface area (Å²) in [6, 6.07) is 1.61. The molecule has 3 aromatic heterocycles. The lowest BCUT2D eigenvalue weighted by molar-refractivity contribution is -0.131. The van der Waals surface area contributed by atoms with Gasteiger partial charge in [0.05, 0.1) is 28.4 Å². The van der Waals surface area contributed by atoms with Gasteiger partial charge in [-0.1, -0.05) is 23.2 Å². The van der Waals surface area contributed by atoms with Crippen LogP contribution in [0.1, 0.15) is 16.8 Å². The zero-order valence-corrected chi connectivity index (χ0v) is 14.5. The van der Waals surface area contributed by atoms with Crippen molar-refractivity contribution in [1.82, 2.24) is 24.5 Å². The zero-order valence-electron chi connectivity index (χ0n) is 13.0. The van der Waals surface area contributed by atoms with E-state index in [1.54, 1.807) is 34.0 Å². The van der Waals surface area contributed by atoms with Gasteiger partial charge in [-0.05, 0) is 12.5 Å². The molecule has 9 heteroatoms. The average molecular weight is 378 g/mol. The minimum atomic E-state index is -0.184. The Hall–Kier alpha value is -2.38. The van der Waals surface area contributed by atoms with Gasteiger partial charge in [0.15, 0.2) is 5.65 Å². The number of aromatic nitrogens is 4. The van der Waals surface area contributed by atoms with Gasteiger partial charge in [-0.25, -0.2) is 10.1 Å². The molecule has 4 rings (SSSR count). The van der Waals surface area contributed by atoms with E-state index in [-0.39, 0.29) is 17.9 Å². The molecule has 1 N–H and O–H groups in total. The summed E-state index contributed by atoms with van der Waals surface area (Å²) in [5, 5.41) is 7.16. The SMILES string of the molecule is O=C(Cc1cn2cc(Cl)cc(Cl)c2n1)N1CCc2c(cn[nH]c2=O)C1. The monoisotopic (exact) mass is 377 g/mol. The number of amides is 1. The second kappa shape index (κ2) is 6.16. The highest BCUT2D eigenvalue weighted by molar-refractivity contribution is 6.36. The summed E-state index contributed by atoms with van der Waals surface area (Å²) < 4.78 is 1.71. The standard InChI is InChI=1S/C16H13Cl2N5O2/c17-10-3-13(18)15-20-11(8-23(15)7-10)4-14(24)22-2-1-12-9(6-22)5-19-21-16(12)25/h3,5,7-8H,1-2,4,6H2,(H,21,25). The number of pyridine rings is 1. The number of aromatic amines is 1. The maximum absolute atomic E-state index is 12.6. The second-order valence-electron chi connectivity index (χ2n) is 5.91. The molecule has 1 aliphatic heterocycles. The first kappa shape index (κ1) is 16.1.